The number of methoxy groups -OCH3 is 2. The Kier molecular flexibility index (Phi) is 9.21. The van der Waals surface area contributed by atoms with E-state index in [4.69, 9.17) is 18.9 Å². The Bertz CT molecular complexity index is 1600. The van der Waals surface area contributed by atoms with Gasteiger partial charge < -0.3 is 39.2 Å². The molecular formula is C35H42N4O7. The first kappa shape index (κ1) is 31.5. The Balaban J connectivity index is 1.02. The smallest absolute Gasteiger partial charge is 0.257 e. The van der Waals surface area contributed by atoms with E-state index < -0.39 is 6.23 Å². The molecule has 0 radical (unpaired) electrons. The molecule has 11 nitrogen and oxygen atoms in total. The van der Waals surface area contributed by atoms with Crippen molar-refractivity contribution in [3.05, 3.63) is 58.7 Å². The third kappa shape index (κ3) is 6.03. The topological polar surface area (TPSA) is 122 Å². The molecule has 4 aliphatic heterocycles. The van der Waals surface area contributed by atoms with Gasteiger partial charge in [-0.2, -0.15) is 0 Å². The van der Waals surface area contributed by atoms with Crippen LogP contribution in [-0.4, -0.2) is 91.8 Å². The summed E-state index contributed by atoms with van der Waals surface area (Å²) in [6, 6.07) is 6.57. The number of nitrogens with one attached hydrogen (secondary N) is 1. The van der Waals surface area contributed by atoms with Gasteiger partial charge in [-0.3, -0.25) is 14.6 Å². The number of amides is 2. The van der Waals surface area contributed by atoms with Gasteiger partial charge in [0.25, 0.3) is 11.8 Å². The van der Waals surface area contributed by atoms with Crippen LogP contribution in [0.2, 0.25) is 0 Å². The number of aliphatic hydroxyl groups excluding tert-OH is 1. The lowest BCUT2D eigenvalue weighted by atomic mass is 10.1. The molecule has 2 saturated heterocycles. The summed E-state index contributed by atoms with van der Waals surface area (Å²) in [5, 5.41) is 14.0. The van der Waals surface area contributed by atoms with Gasteiger partial charge in [0, 0.05) is 31.4 Å². The van der Waals surface area contributed by atoms with Crippen LogP contribution in [0.15, 0.2) is 52.6 Å². The quantitative estimate of drug-likeness (QED) is 0.274. The first-order valence-electron chi connectivity index (χ1n) is 15.9. The van der Waals surface area contributed by atoms with Crippen LogP contribution in [0.5, 0.6) is 23.0 Å². The number of carbonyl (C=O) groups is 2. The molecule has 2 N–H and O–H groups in total. The van der Waals surface area contributed by atoms with E-state index in [2.05, 4.69) is 16.4 Å². The highest BCUT2D eigenvalue weighted by Gasteiger charge is 2.41. The van der Waals surface area contributed by atoms with Crippen molar-refractivity contribution in [2.75, 3.05) is 45.8 Å². The number of carbonyl (C=O) groups excluding carboxylic acids is 2. The summed E-state index contributed by atoms with van der Waals surface area (Å²) >= 11 is 0. The molecule has 3 atom stereocenters. The summed E-state index contributed by atoms with van der Waals surface area (Å²) in [6.07, 6.45) is 8.88. The van der Waals surface area contributed by atoms with Gasteiger partial charge in [-0.25, -0.2) is 0 Å². The number of aliphatic hydroxyl groups is 1. The molecule has 2 aromatic carbocycles. The normalized spacial score (nSPS) is 23.4. The minimum Gasteiger partial charge on any atom is -0.493 e. The molecule has 0 spiro atoms. The molecule has 11 heteroatoms. The Hall–Kier alpha value is -4.51. The molecule has 2 fully saturated rings. The predicted octanol–water partition coefficient (Wildman–Crippen LogP) is 5.11. The SMILES string of the molecule is C/C=C1/C[C@H]2C=Nc3cc(OCCCCCOc4cc5c(cc4OC)C(=O)N4C/C(=C\C)C[C@H]4[C@H](O)N5)c(OC)cc3C(=O)N2C1. The average molecular weight is 631 g/mol. The largest absolute Gasteiger partial charge is 0.493 e. The first-order valence-corrected chi connectivity index (χ1v) is 15.9. The fourth-order valence-corrected chi connectivity index (χ4v) is 6.54. The maximum absolute atomic E-state index is 13.4. The van der Waals surface area contributed by atoms with Crippen LogP contribution in [0.4, 0.5) is 11.4 Å². The van der Waals surface area contributed by atoms with Crippen molar-refractivity contribution in [1.29, 1.82) is 0 Å². The molecule has 0 aromatic heterocycles. The van der Waals surface area contributed by atoms with Crippen molar-refractivity contribution < 1.29 is 33.6 Å². The third-order valence-corrected chi connectivity index (χ3v) is 9.23. The summed E-state index contributed by atoms with van der Waals surface area (Å²) in [6.45, 7) is 5.98. The van der Waals surface area contributed by atoms with Gasteiger partial charge in [0.15, 0.2) is 23.0 Å². The van der Waals surface area contributed by atoms with Gasteiger partial charge in [-0.05, 0) is 58.1 Å². The number of ether oxygens (including phenoxy) is 4. The van der Waals surface area contributed by atoms with Crippen molar-refractivity contribution in [2.45, 2.75) is 64.3 Å². The number of aliphatic imine (C=N–C) groups is 1. The van der Waals surface area contributed by atoms with Crippen molar-refractivity contribution in [1.82, 2.24) is 9.80 Å². The van der Waals surface area contributed by atoms with Crippen molar-refractivity contribution >= 4 is 29.4 Å². The number of nitrogens with zero attached hydrogens (tertiary/aromatic N) is 3. The molecule has 4 heterocycles. The van der Waals surface area contributed by atoms with E-state index >= 15 is 0 Å². The minimum absolute atomic E-state index is 0.0377. The molecular weight excluding hydrogens is 588 g/mol. The van der Waals surface area contributed by atoms with Crippen LogP contribution in [0.3, 0.4) is 0 Å². The van der Waals surface area contributed by atoms with Crippen LogP contribution >= 0.6 is 0 Å². The van der Waals surface area contributed by atoms with E-state index in [1.54, 1.807) is 43.4 Å². The molecule has 2 aromatic rings. The van der Waals surface area contributed by atoms with Crippen molar-refractivity contribution in [2.24, 2.45) is 4.99 Å². The van der Waals surface area contributed by atoms with Crippen molar-refractivity contribution in [3.63, 3.8) is 0 Å². The zero-order chi connectivity index (χ0) is 32.4. The van der Waals surface area contributed by atoms with E-state index in [1.165, 1.54) is 5.57 Å². The highest BCUT2D eigenvalue weighted by molar-refractivity contribution is 6.04. The molecule has 0 bridgehead atoms. The van der Waals surface area contributed by atoms with Gasteiger partial charge in [-0.1, -0.05) is 23.3 Å². The molecule has 2 amide bonds. The zero-order valence-electron chi connectivity index (χ0n) is 26.9. The fraction of sp³-hybridized carbons (Fsp3) is 0.457. The molecule has 0 saturated carbocycles. The number of rotatable bonds is 10. The molecule has 6 rings (SSSR count). The van der Waals surface area contributed by atoms with Crippen LogP contribution in [0, 0.1) is 0 Å². The number of allylic oxidation sites excluding steroid dienone is 2. The molecule has 4 aliphatic rings. The van der Waals surface area contributed by atoms with E-state index in [0.29, 0.717) is 78.2 Å². The van der Waals surface area contributed by atoms with E-state index in [-0.39, 0.29) is 23.9 Å². The number of benzene rings is 2. The monoisotopic (exact) mass is 630 g/mol. The second-order valence-corrected chi connectivity index (χ2v) is 12.0. The summed E-state index contributed by atoms with van der Waals surface area (Å²) in [5.74, 6) is 1.85. The number of anilines is 1. The van der Waals surface area contributed by atoms with Crippen molar-refractivity contribution in [3.8, 4) is 23.0 Å². The Morgan fingerprint density at radius 2 is 1.43 bits per heavy atom. The fourth-order valence-electron chi connectivity index (χ4n) is 6.54. The number of hydrogen-bond acceptors (Lipinski definition) is 9. The Labute approximate surface area is 269 Å². The number of fused-ring (bicyclic) bond motifs is 4. The highest BCUT2D eigenvalue weighted by Crippen LogP contribution is 2.40. The maximum atomic E-state index is 13.4. The summed E-state index contributed by atoms with van der Waals surface area (Å²) in [4.78, 5) is 34.9. The molecule has 244 valence electrons. The summed E-state index contributed by atoms with van der Waals surface area (Å²) in [5.41, 5.74) is 4.45. The first-order chi connectivity index (χ1) is 22.3. The third-order valence-electron chi connectivity index (χ3n) is 9.23. The lowest BCUT2D eigenvalue weighted by Crippen LogP contribution is -2.43. The molecule has 0 unspecified atom stereocenters. The van der Waals surface area contributed by atoms with Crippen LogP contribution in [-0.2, 0) is 0 Å². The van der Waals surface area contributed by atoms with Crippen LogP contribution in [0.25, 0.3) is 0 Å². The summed E-state index contributed by atoms with van der Waals surface area (Å²) < 4.78 is 23.3. The van der Waals surface area contributed by atoms with Gasteiger partial charge in [0.2, 0.25) is 0 Å². The van der Waals surface area contributed by atoms with Gasteiger partial charge in [0.1, 0.15) is 6.23 Å². The van der Waals surface area contributed by atoms with Crippen LogP contribution in [0.1, 0.15) is 66.7 Å². The lowest BCUT2D eigenvalue weighted by Gasteiger charge is -2.24. The average Bonchev–Trinajstić information content (AvgIpc) is 3.66. The second kappa shape index (κ2) is 13.5. The lowest BCUT2D eigenvalue weighted by molar-refractivity contribution is 0.0581. The zero-order valence-corrected chi connectivity index (χ0v) is 26.9. The summed E-state index contributed by atoms with van der Waals surface area (Å²) in [7, 11) is 3.12. The van der Waals surface area contributed by atoms with Gasteiger partial charge in [-0.15, -0.1) is 0 Å². The van der Waals surface area contributed by atoms with Gasteiger partial charge in [0.05, 0.1) is 62.0 Å². The number of hydrogen-bond donors (Lipinski definition) is 2. The van der Waals surface area contributed by atoms with Gasteiger partial charge >= 0.3 is 0 Å². The van der Waals surface area contributed by atoms with E-state index in [9.17, 15) is 14.7 Å². The van der Waals surface area contributed by atoms with Crippen LogP contribution < -0.4 is 24.3 Å². The Morgan fingerprint density at radius 3 is 2.11 bits per heavy atom. The molecule has 0 aliphatic carbocycles. The number of unbranched alkanes of at least 4 members (excludes halogenated alkanes) is 2. The highest BCUT2D eigenvalue weighted by atomic mass is 16.5. The van der Waals surface area contributed by atoms with E-state index in [1.807, 2.05) is 31.0 Å². The molecule has 46 heavy (non-hydrogen) atoms. The van der Waals surface area contributed by atoms with E-state index in [0.717, 1.165) is 31.3 Å². The Morgan fingerprint density at radius 1 is 0.826 bits per heavy atom. The second-order valence-electron chi connectivity index (χ2n) is 12.0. The minimum atomic E-state index is -0.891. The standard InChI is InChI=1S/C35H42N4O7/c1-5-21-12-23-18-36-26-16-31(29(43-3)14-24(26)34(41)38(23)19-21)45-10-8-7-9-11-46-32-17-27-25(15-30(32)44-4)35(42)39-20-22(6-2)13-28(39)33(40)37-27/h5-6,14-18,23,28,33,37,40H,7-13,19-20H2,1-4H3/b21-5-,22-6-/t23-,28-,33-/m0/s1. The maximum Gasteiger partial charge on any atom is 0.257 e. The predicted molar refractivity (Wildman–Crippen MR) is 175 cm³/mol.